The van der Waals surface area contributed by atoms with Gasteiger partial charge < -0.3 is 10.1 Å². The van der Waals surface area contributed by atoms with Crippen molar-refractivity contribution < 1.29 is 9.13 Å². The molecule has 98 valence electrons. The van der Waals surface area contributed by atoms with Gasteiger partial charge in [0.05, 0.1) is 11.7 Å². The van der Waals surface area contributed by atoms with E-state index in [0.717, 1.165) is 17.0 Å². The molecule has 4 heteroatoms. The summed E-state index contributed by atoms with van der Waals surface area (Å²) in [5, 5.41) is 4.01. The Morgan fingerprint density at radius 2 is 1.89 bits per heavy atom. The fraction of sp³-hybridized carbons (Fsp3) is 0.200. The van der Waals surface area contributed by atoms with Crippen LogP contribution in [0.1, 0.15) is 18.6 Å². The molecule has 0 saturated heterocycles. The summed E-state index contributed by atoms with van der Waals surface area (Å²) < 4.78 is 19.0. The maximum atomic E-state index is 13.0. The molecule has 0 radical (unpaired) electrons. The Morgan fingerprint density at radius 3 is 2.63 bits per heavy atom. The van der Waals surface area contributed by atoms with Crippen molar-refractivity contribution in [3.8, 4) is 5.75 Å². The third-order valence-electron chi connectivity index (χ3n) is 3.23. The highest BCUT2D eigenvalue weighted by atomic mass is 35.5. The Morgan fingerprint density at radius 1 is 1.16 bits per heavy atom. The van der Waals surface area contributed by atoms with Gasteiger partial charge in [-0.05, 0) is 36.8 Å². The van der Waals surface area contributed by atoms with Gasteiger partial charge in [0, 0.05) is 11.1 Å². The maximum absolute atomic E-state index is 13.0. The van der Waals surface area contributed by atoms with Crippen molar-refractivity contribution in [1.82, 2.24) is 0 Å². The van der Waals surface area contributed by atoms with Gasteiger partial charge in [0.25, 0.3) is 0 Å². The summed E-state index contributed by atoms with van der Waals surface area (Å²) in [7, 11) is 0. The summed E-state index contributed by atoms with van der Waals surface area (Å²) in [5.74, 6) is 0.476. The summed E-state index contributed by atoms with van der Waals surface area (Å²) in [5.41, 5.74) is 1.86. The highest BCUT2D eigenvalue weighted by Gasteiger charge is 2.27. The summed E-state index contributed by atoms with van der Waals surface area (Å²) in [6, 6.07) is 12.0. The first-order valence-electron chi connectivity index (χ1n) is 6.12. The number of hydrogen-bond donors (Lipinski definition) is 1. The fourth-order valence-corrected chi connectivity index (χ4v) is 2.44. The Kier molecular flexibility index (Phi) is 3.07. The van der Waals surface area contributed by atoms with Crippen molar-refractivity contribution in [2.24, 2.45) is 0 Å². The molecule has 0 spiro atoms. The van der Waals surface area contributed by atoms with E-state index in [1.165, 1.54) is 12.1 Å². The third kappa shape index (κ3) is 2.38. The largest absolute Gasteiger partial charge is 0.481 e. The van der Waals surface area contributed by atoms with E-state index in [2.05, 4.69) is 5.32 Å². The van der Waals surface area contributed by atoms with Gasteiger partial charge >= 0.3 is 0 Å². The molecule has 1 N–H and O–H groups in total. The lowest BCUT2D eigenvalue weighted by atomic mass is 10.0. The van der Waals surface area contributed by atoms with Gasteiger partial charge in [0.1, 0.15) is 17.7 Å². The number of halogens is 2. The Labute approximate surface area is 116 Å². The molecular weight excluding hydrogens is 265 g/mol. The molecule has 0 bridgehead atoms. The molecule has 2 nitrogen and oxygen atoms in total. The van der Waals surface area contributed by atoms with Gasteiger partial charge in [-0.1, -0.05) is 23.7 Å². The molecule has 2 unspecified atom stereocenters. The number of rotatable bonds is 1. The van der Waals surface area contributed by atoms with Crippen LogP contribution in [0.15, 0.2) is 42.5 Å². The van der Waals surface area contributed by atoms with Crippen molar-refractivity contribution in [3.63, 3.8) is 0 Å². The molecule has 0 saturated carbocycles. The molecule has 0 fully saturated rings. The van der Waals surface area contributed by atoms with Crippen LogP contribution in [0, 0.1) is 5.82 Å². The molecule has 0 aliphatic carbocycles. The molecule has 1 heterocycles. The number of fused-ring (bicyclic) bond motifs is 1. The van der Waals surface area contributed by atoms with E-state index in [0.29, 0.717) is 5.02 Å². The van der Waals surface area contributed by atoms with Crippen LogP contribution >= 0.6 is 11.6 Å². The van der Waals surface area contributed by atoms with Crippen LogP contribution in [0.2, 0.25) is 5.02 Å². The quantitative estimate of drug-likeness (QED) is 0.833. The zero-order valence-electron chi connectivity index (χ0n) is 10.4. The van der Waals surface area contributed by atoms with Crippen molar-refractivity contribution in [3.05, 3.63) is 58.9 Å². The van der Waals surface area contributed by atoms with E-state index in [4.69, 9.17) is 16.3 Å². The van der Waals surface area contributed by atoms with Crippen LogP contribution in [-0.2, 0) is 0 Å². The highest BCUT2D eigenvalue weighted by molar-refractivity contribution is 6.30. The summed E-state index contributed by atoms with van der Waals surface area (Å²) in [6.45, 7) is 2.03. The van der Waals surface area contributed by atoms with Crippen molar-refractivity contribution >= 4 is 17.3 Å². The Hall–Kier alpha value is -1.74. The van der Waals surface area contributed by atoms with Crippen molar-refractivity contribution in [1.29, 1.82) is 0 Å². The smallest absolute Gasteiger partial charge is 0.144 e. The summed E-state index contributed by atoms with van der Waals surface area (Å²) in [4.78, 5) is 0. The van der Waals surface area contributed by atoms with Crippen LogP contribution in [0.5, 0.6) is 5.75 Å². The molecule has 3 rings (SSSR count). The van der Waals surface area contributed by atoms with Crippen molar-refractivity contribution in [2.45, 2.75) is 19.1 Å². The molecule has 2 atom stereocenters. The van der Waals surface area contributed by atoms with Gasteiger partial charge in [0.15, 0.2) is 0 Å². The Balaban J connectivity index is 1.94. The first-order valence-corrected chi connectivity index (χ1v) is 6.49. The van der Waals surface area contributed by atoms with Crippen LogP contribution < -0.4 is 10.1 Å². The lowest BCUT2D eigenvalue weighted by Crippen LogP contribution is -2.32. The minimum absolute atomic E-state index is 0.0964. The van der Waals surface area contributed by atoms with Gasteiger partial charge in [0.2, 0.25) is 0 Å². The maximum Gasteiger partial charge on any atom is 0.144 e. The van der Waals surface area contributed by atoms with Crippen LogP contribution in [0.4, 0.5) is 10.1 Å². The van der Waals surface area contributed by atoms with Crippen LogP contribution in [-0.4, -0.2) is 6.04 Å². The van der Waals surface area contributed by atoms with E-state index < -0.39 is 0 Å². The van der Waals surface area contributed by atoms with E-state index in [-0.39, 0.29) is 18.0 Å². The first-order chi connectivity index (χ1) is 9.13. The van der Waals surface area contributed by atoms with E-state index in [1.807, 2.05) is 19.1 Å². The number of hydrogen-bond acceptors (Lipinski definition) is 2. The zero-order valence-corrected chi connectivity index (χ0v) is 11.1. The predicted molar refractivity (Wildman–Crippen MR) is 74.3 cm³/mol. The van der Waals surface area contributed by atoms with E-state index in [1.54, 1.807) is 18.2 Å². The second kappa shape index (κ2) is 4.74. The molecular formula is C15H13ClFNO. The average molecular weight is 278 g/mol. The Bertz CT molecular complexity index is 600. The second-order valence-corrected chi connectivity index (χ2v) is 5.10. The van der Waals surface area contributed by atoms with E-state index in [9.17, 15) is 4.39 Å². The number of ether oxygens (including phenoxy) is 1. The third-order valence-corrected chi connectivity index (χ3v) is 3.47. The normalized spacial score (nSPS) is 21.2. The number of anilines is 1. The fourth-order valence-electron chi connectivity index (χ4n) is 2.28. The minimum atomic E-state index is -0.247. The van der Waals surface area contributed by atoms with Gasteiger partial charge in [-0.2, -0.15) is 0 Å². The van der Waals surface area contributed by atoms with Gasteiger partial charge in [-0.3, -0.25) is 0 Å². The average Bonchev–Trinajstić information content (AvgIpc) is 2.40. The van der Waals surface area contributed by atoms with E-state index >= 15 is 0 Å². The van der Waals surface area contributed by atoms with Gasteiger partial charge in [-0.15, -0.1) is 0 Å². The lowest BCUT2D eigenvalue weighted by molar-refractivity contribution is 0.177. The van der Waals surface area contributed by atoms with Gasteiger partial charge in [-0.25, -0.2) is 4.39 Å². The SMILES string of the molecule is CC1Nc2ccc(Cl)cc2OC1c1ccc(F)cc1. The van der Waals surface area contributed by atoms with Crippen LogP contribution in [0.3, 0.4) is 0 Å². The summed E-state index contributed by atoms with van der Waals surface area (Å²) in [6.07, 6.45) is -0.161. The summed E-state index contributed by atoms with van der Waals surface area (Å²) >= 11 is 5.97. The van der Waals surface area contributed by atoms with Crippen LogP contribution in [0.25, 0.3) is 0 Å². The molecule has 0 amide bonds. The minimum Gasteiger partial charge on any atom is -0.481 e. The molecule has 2 aromatic rings. The second-order valence-electron chi connectivity index (χ2n) is 4.66. The first kappa shape index (κ1) is 12.3. The molecule has 0 aromatic heterocycles. The molecule has 19 heavy (non-hydrogen) atoms. The monoisotopic (exact) mass is 277 g/mol. The number of benzene rings is 2. The number of nitrogens with one attached hydrogen (secondary N) is 1. The standard InChI is InChI=1S/C15H13ClFNO/c1-9-15(10-2-5-12(17)6-3-10)19-14-8-11(16)4-7-13(14)18-9/h2-9,15,18H,1H3. The highest BCUT2D eigenvalue weighted by Crippen LogP contribution is 2.38. The molecule has 1 aliphatic rings. The van der Waals surface area contributed by atoms with Crippen molar-refractivity contribution in [2.75, 3.05) is 5.32 Å². The lowest BCUT2D eigenvalue weighted by Gasteiger charge is -2.33. The topological polar surface area (TPSA) is 21.3 Å². The predicted octanol–water partition coefficient (Wildman–Crippen LogP) is 4.41. The molecule has 1 aliphatic heterocycles. The zero-order chi connectivity index (χ0) is 13.4. The molecule has 2 aromatic carbocycles.